The van der Waals surface area contributed by atoms with Gasteiger partial charge >= 0.3 is 0 Å². The van der Waals surface area contributed by atoms with Crippen LogP contribution in [0.5, 0.6) is 0 Å². The summed E-state index contributed by atoms with van der Waals surface area (Å²) in [7, 11) is 0. The van der Waals surface area contributed by atoms with E-state index in [0.717, 1.165) is 54.5 Å². The van der Waals surface area contributed by atoms with Crippen molar-refractivity contribution in [1.29, 1.82) is 0 Å². The van der Waals surface area contributed by atoms with Crippen molar-refractivity contribution in [3.63, 3.8) is 0 Å². The van der Waals surface area contributed by atoms with Gasteiger partial charge in [-0.2, -0.15) is 5.10 Å². The molecule has 3 heterocycles. The molecule has 0 bridgehead atoms. The van der Waals surface area contributed by atoms with E-state index >= 15 is 0 Å². The monoisotopic (exact) mass is 449 g/mol. The molecule has 0 aliphatic carbocycles. The Bertz CT molecular complexity index is 1130. The van der Waals surface area contributed by atoms with Crippen molar-refractivity contribution in [3.05, 3.63) is 76.4 Å². The first-order valence-corrected chi connectivity index (χ1v) is 11.7. The van der Waals surface area contributed by atoms with Gasteiger partial charge in [0, 0.05) is 43.2 Å². The summed E-state index contributed by atoms with van der Waals surface area (Å²) in [6, 6.07) is 11.0. The quantitative estimate of drug-likeness (QED) is 0.548. The topological polar surface area (TPSA) is 63.9 Å². The minimum Gasteiger partial charge on any atom is -0.343 e. The molecule has 174 valence electrons. The van der Waals surface area contributed by atoms with Gasteiger partial charge in [0.1, 0.15) is 17.5 Å². The maximum absolute atomic E-state index is 14.1. The maximum Gasteiger partial charge on any atom is 0.224 e. The lowest BCUT2D eigenvalue weighted by atomic mass is 9.91. The molecule has 1 amide bonds. The van der Waals surface area contributed by atoms with E-state index in [1.165, 1.54) is 6.07 Å². The van der Waals surface area contributed by atoms with Crippen LogP contribution in [0, 0.1) is 26.6 Å². The number of hydrogen-bond donors (Lipinski definition) is 0. The molecule has 3 aromatic rings. The van der Waals surface area contributed by atoms with Gasteiger partial charge in [0.25, 0.3) is 0 Å². The zero-order valence-electron chi connectivity index (χ0n) is 19.9. The van der Waals surface area contributed by atoms with Gasteiger partial charge in [0.15, 0.2) is 0 Å². The molecule has 33 heavy (non-hydrogen) atoms. The molecule has 0 radical (unpaired) electrons. The van der Waals surface area contributed by atoms with E-state index in [4.69, 9.17) is 4.98 Å². The Kier molecular flexibility index (Phi) is 6.86. The van der Waals surface area contributed by atoms with E-state index in [1.54, 1.807) is 6.07 Å². The molecule has 1 fully saturated rings. The lowest BCUT2D eigenvalue weighted by Crippen LogP contribution is -2.39. The van der Waals surface area contributed by atoms with Crippen LogP contribution in [-0.4, -0.2) is 43.6 Å². The zero-order valence-corrected chi connectivity index (χ0v) is 19.9. The average Bonchev–Trinajstić information content (AvgIpc) is 3.13. The smallest absolute Gasteiger partial charge is 0.224 e. The summed E-state index contributed by atoms with van der Waals surface area (Å²) in [4.78, 5) is 24.0. The van der Waals surface area contributed by atoms with Crippen LogP contribution in [0.15, 0.2) is 36.4 Å². The van der Waals surface area contributed by atoms with Gasteiger partial charge in [-0.3, -0.25) is 9.78 Å². The molecule has 6 nitrogen and oxygen atoms in total. The number of hydrogen-bond acceptors (Lipinski definition) is 4. The summed E-state index contributed by atoms with van der Waals surface area (Å²) in [5, 5.41) is 4.41. The van der Waals surface area contributed by atoms with Crippen molar-refractivity contribution in [2.75, 3.05) is 13.1 Å². The number of rotatable bonds is 6. The van der Waals surface area contributed by atoms with Crippen LogP contribution >= 0.6 is 0 Å². The molecule has 2 aromatic heterocycles. The minimum atomic E-state index is -0.175. The maximum atomic E-state index is 14.1. The molecular formula is C26H32FN5O. The van der Waals surface area contributed by atoms with Crippen LogP contribution in [-0.2, 0) is 11.2 Å². The summed E-state index contributed by atoms with van der Waals surface area (Å²) in [5.41, 5.74) is 3.77. The summed E-state index contributed by atoms with van der Waals surface area (Å²) in [6.45, 7) is 9.24. The van der Waals surface area contributed by atoms with Crippen molar-refractivity contribution in [2.45, 2.75) is 65.3 Å². The van der Waals surface area contributed by atoms with Gasteiger partial charge in [0.05, 0.1) is 6.04 Å². The highest BCUT2D eigenvalue weighted by Crippen LogP contribution is 2.29. The molecule has 1 aliphatic heterocycles. The van der Waals surface area contributed by atoms with Gasteiger partial charge in [-0.15, -0.1) is 0 Å². The van der Waals surface area contributed by atoms with Crippen molar-refractivity contribution >= 4 is 5.91 Å². The first-order valence-electron chi connectivity index (χ1n) is 11.7. The first-order chi connectivity index (χ1) is 15.8. The van der Waals surface area contributed by atoms with Crippen LogP contribution in [0.2, 0.25) is 0 Å². The summed E-state index contributed by atoms with van der Waals surface area (Å²) >= 11 is 0. The van der Waals surface area contributed by atoms with Gasteiger partial charge in [-0.1, -0.05) is 18.2 Å². The third-order valence-corrected chi connectivity index (χ3v) is 6.45. The normalized spacial score (nSPS) is 15.6. The second-order valence-electron chi connectivity index (χ2n) is 9.17. The standard InChI is InChI=1S/C26H32FN5O/c1-17-13-21(15-23-7-5-6-8-24(23)27)16-25(28-17)22-9-11-31(12-10-22)26(33)14-18(2)32-20(4)29-19(3)30-32/h5-8,13,16,18,22H,9-12,14-15H2,1-4H3. The van der Waals surface area contributed by atoms with E-state index in [2.05, 4.69) is 16.1 Å². The van der Waals surface area contributed by atoms with Crippen molar-refractivity contribution in [2.24, 2.45) is 0 Å². The summed E-state index contributed by atoms with van der Waals surface area (Å²) in [5.74, 6) is 1.86. The number of pyridine rings is 1. The predicted octanol–water partition coefficient (Wildman–Crippen LogP) is 4.69. The Labute approximate surface area is 194 Å². The Morgan fingerprint density at radius 1 is 1.12 bits per heavy atom. The van der Waals surface area contributed by atoms with Gasteiger partial charge in [-0.05, 0) is 69.9 Å². The van der Waals surface area contributed by atoms with Gasteiger partial charge < -0.3 is 4.90 Å². The SMILES string of the molecule is Cc1cc(Cc2ccccc2F)cc(C2CCN(C(=O)CC(C)n3nc(C)nc3C)CC2)n1. The summed E-state index contributed by atoms with van der Waals surface area (Å²) in [6.07, 6.45) is 2.75. The molecule has 0 saturated carbocycles. The highest BCUT2D eigenvalue weighted by atomic mass is 19.1. The lowest BCUT2D eigenvalue weighted by Gasteiger charge is -2.32. The number of nitrogens with zero attached hydrogens (tertiary/aromatic N) is 5. The Hall–Kier alpha value is -3.09. The molecule has 1 aliphatic rings. The molecule has 7 heteroatoms. The number of amides is 1. The molecule has 0 spiro atoms. The molecule has 1 aromatic carbocycles. The molecule has 1 saturated heterocycles. The van der Waals surface area contributed by atoms with Crippen LogP contribution in [0.3, 0.4) is 0 Å². The number of aryl methyl sites for hydroxylation is 3. The van der Waals surface area contributed by atoms with Gasteiger partial charge in [0.2, 0.25) is 5.91 Å². The highest BCUT2D eigenvalue weighted by Gasteiger charge is 2.26. The number of carbonyl (C=O) groups excluding carboxylic acids is 1. The van der Waals surface area contributed by atoms with Crippen LogP contribution in [0.4, 0.5) is 4.39 Å². The van der Waals surface area contributed by atoms with Crippen LogP contribution in [0.25, 0.3) is 0 Å². The van der Waals surface area contributed by atoms with Gasteiger partial charge in [-0.25, -0.2) is 14.1 Å². The molecule has 1 unspecified atom stereocenters. The van der Waals surface area contributed by atoms with Crippen molar-refractivity contribution in [3.8, 4) is 0 Å². The number of piperidine rings is 1. The minimum absolute atomic E-state index is 0.0178. The van der Waals surface area contributed by atoms with E-state index in [1.807, 2.05) is 55.5 Å². The van der Waals surface area contributed by atoms with Crippen molar-refractivity contribution < 1.29 is 9.18 Å². The third kappa shape index (κ3) is 5.46. The van der Waals surface area contributed by atoms with E-state index in [-0.39, 0.29) is 17.8 Å². The number of aromatic nitrogens is 4. The summed E-state index contributed by atoms with van der Waals surface area (Å²) < 4.78 is 16.0. The predicted molar refractivity (Wildman–Crippen MR) is 126 cm³/mol. The Balaban J connectivity index is 1.37. The van der Waals surface area contributed by atoms with E-state index in [9.17, 15) is 9.18 Å². The highest BCUT2D eigenvalue weighted by molar-refractivity contribution is 5.76. The van der Waals surface area contributed by atoms with Crippen LogP contribution < -0.4 is 0 Å². The number of likely N-dealkylation sites (tertiary alicyclic amines) is 1. The second-order valence-corrected chi connectivity index (χ2v) is 9.17. The first kappa shape index (κ1) is 23.1. The zero-order chi connectivity index (χ0) is 23.5. The number of carbonyl (C=O) groups is 1. The molecule has 4 rings (SSSR count). The largest absolute Gasteiger partial charge is 0.343 e. The van der Waals surface area contributed by atoms with Crippen LogP contribution in [0.1, 0.15) is 72.3 Å². The lowest BCUT2D eigenvalue weighted by molar-refractivity contribution is -0.133. The fraction of sp³-hybridized carbons (Fsp3) is 0.462. The molecule has 1 atom stereocenters. The second kappa shape index (κ2) is 9.81. The van der Waals surface area contributed by atoms with E-state index < -0.39 is 0 Å². The van der Waals surface area contributed by atoms with Crippen molar-refractivity contribution in [1.82, 2.24) is 24.6 Å². The fourth-order valence-electron chi connectivity index (χ4n) is 4.79. The number of benzene rings is 1. The number of halogens is 1. The Morgan fingerprint density at radius 3 is 2.52 bits per heavy atom. The molecular weight excluding hydrogens is 417 g/mol. The van der Waals surface area contributed by atoms with E-state index in [0.29, 0.717) is 24.3 Å². The fourth-order valence-corrected chi connectivity index (χ4v) is 4.79. The average molecular weight is 450 g/mol. The Morgan fingerprint density at radius 2 is 1.85 bits per heavy atom. The third-order valence-electron chi connectivity index (χ3n) is 6.45. The molecule has 0 N–H and O–H groups in total.